The summed E-state index contributed by atoms with van der Waals surface area (Å²) in [6.45, 7) is 2.04. The maximum absolute atomic E-state index is 11.1. The predicted molar refractivity (Wildman–Crippen MR) is 68.0 cm³/mol. The first-order valence-electron chi connectivity index (χ1n) is 4.99. The van der Waals surface area contributed by atoms with E-state index < -0.39 is 5.97 Å². The van der Waals surface area contributed by atoms with E-state index in [1.165, 1.54) is 19.3 Å². The summed E-state index contributed by atoms with van der Waals surface area (Å²) < 4.78 is 10.5. The molecule has 0 radical (unpaired) electrons. The van der Waals surface area contributed by atoms with Crippen LogP contribution < -0.4 is 4.74 Å². The predicted octanol–water partition coefficient (Wildman–Crippen LogP) is 2.74. The molecule has 0 aliphatic rings. The van der Waals surface area contributed by atoms with Gasteiger partial charge >= 0.3 is 5.97 Å². The fourth-order valence-electron chi connectivity index (χ4n) is 1.23. The molecular formula is C12H13BrO4. The van der Waals surface area contributed by atoms with Gasteiger partial charge in [-0.1, -0.05) is 15.9 Å². The zero-order valence-electron chi connectivity index (χ0n) is 9.57. The van der Waals surface area contributed by atoms with E-state index in [0.717, 1.165) is 4.47 Å². The quantitative estimate of drug-likeness (QED) is 0.686. The Hall–Kier alpha value is -1.49. The fourth-order valence-corrected chi connectivity index (χ4v) is 1.68. The van der Waals surface area contributed by atoms with Gasteiger partial charge in [0.1, 0.15) is 0 Å². The number of methoxy groups -OCH3 is 1. The molecule has 1 aromatic rings. The van der Waals surface area contributed by atoms with Crippen LogP contribution in [0.3, 0.4) is 0 Å². The van der Waals surface area contributed by atoms with E-state index in [2.05, 4.69) is 15.9 Å². The molecule has 0 spiro atoms. The van der Waals surface area contributed by atoms with Crippen LogP contribution in [0.4, 0.5) is 0 Å². The first kappa shape index (κ1) is 13.6. The number of halogens is 1. The molecule has 92 valence electrons. The first-order chi connectivity index (χ1) is 8.08. The van der Waals surface area contributed by atoms with Crippen LogP contribution in [0.15, 0.2) is 22.7 Å². The molecule has 1 rings (SSSR count). The van der Waals surface area contributed by atoms with Crippen LogP contribution in [-0.4, -0.2) is 24.8 Å². The summed E-state index contributed by atoms with van der Waals surface area (Å²) >= 11 is 3.28. The third-order valence-electron chi connectivity index (χ3n) is 1.97. The number of esters is 1. The Morgan fingerprint density at radius 3 is 2.82 bits per heavy atom. The molecule has 0 saturated carbocycles. The Labute approximate surface area is 108 Å². The molecule has 0 unspecified atom stereocenters. The van der Waals surface area contributed by atoms with Crippen LogP contribution in [0.5, 0.6) is 11.5 Å². The lowest BCUT2D eigenvalue weighted by Gasteiger charge is -2.06. The summed E-state index contributed by atoms with van der Waals surface area (Å²) in [6, 6.07) is 3.31. The van der Waals surface area contributed by atoms with E-state index in [1.807, 2.05) is 0 Å². The van der Waals surface area contributed by atoms with Gasteiger partial charge in [0.15, 0.2) is 11.5 Å². The topological polar surface area (TPSA) is 55.8 Å². The number of benzene rings is 1. The van der Waals surface area contributed by atoms with Gasteiger partial charge in [-0.05, 0) is 25.1 Å². The molecule has 0 aliphatic heterocycles. The first-order valence-corrected chi connectivity index (χ1v) is 5.79. The number of rotatable bonds is 4. The Morgan fingerprint density at radius 2 is 2.24 bits per heavy atom. The maximum atomic E-state index is 11.1. The number of phenols is 1. The number of hydrogen-bond donors (Lipinski definition) is 1. The van der Waals surface area contributed by atoms with Crippen molar-refractivity contribution in [3.05, 3.63) is 28.2 Å². The van der Waals surface area contributed by atoms with Crippen LogP contribution >= 0.6 is 15.9 Å². The van der Waals surface area contributed by atoms with Gasteiger partial charge in [0, 0.05) is 16.1 Å². The van der Waals surface area contributed by atoms with Crippen molar-refractivity contribution < 1.29 is 19.4 Å². The molecule has 5 heteroatoms. The van der Waals surface area contributed by atoms with Crippen molar-refractivity contribution >= 4 is 28.0 Å². The molecule has 0 atom stereocenters. The SMILES string of the molecule is CCOC(=O)C=Cc1cc(Br)cc(OC)c1O. The fraction of sp³-hybridized carbons (Fsp3) is 0.250. The highest BCUT2D eigenvalue weighted by molar-refractivity contribution is 9.10. The van der Waals surface area contributed by atoms with E-state index in [-0.39, 0.29) is 5.75 Å². The molecule has 0 bridgehead atoms. The average Bonchev–Trinajstić information content (AvgIpc) is 2.30. The zero-order chi connectivity index (χ0) is 12.8. The lowest BCUT2D eigenvalue weighted by Crippen LogP contribution is -1.98. The van der Waals surface area contributed by atoms with Gasteiger partial charge < -0.3 is 14.6 Å². The number of ether oxygens (including phenoxy) is 2. The standard InChI is InChI=1S/C12H13BrO4/c1-3-17-11(14)5-4-8-6-9(13)7-10(16-2)12(8)15/h4-7,15H,3H2,1-2H3. The van der Waals surface area contributed by atoms with Crippen LogP contribution in [0.1, 0.15) is 12.5 Å². The Morgan fingerprint density at radius 1 is 1.53 bits per heavy atom. The van der Waals surface area contributed by atoms with Crippen molar-refractivity contribution in [3.63, 3.8) is 0 Å². The molecular weight excluding hydrogens is 288 g/mol. The summed E-state index contributed by atoms with van der Waals surface area (Å²) in [6.07, 6.45) is 2.73. The van der Waals surface area contributed by atoms with Crippen LogP contribution in [0.2, 0.25) is 0 Å². The largest absolute Gasteiger partial charge is 0.504 e. The number of phenolic OH excluding ortho intramolecular Hbond substituents is 1. The third-order valence-corrected chi connectivity index (χ3v) is 2.43. The van der Waals surface area contributed by atoms with Gasteiger partial charge in [-0.3, -0.25) is 0 Å². The molecule has 0 amide bonds. The lowest BCUT2D eigenvalue weighted by atomic mass is 10.1. The van der Waals surface area contributed by atoms with E-state index >= 15 is 0 Å². The van der Waals surface area contributed by atoms with E-state index in [1.54, 1.807) is 19.1 Å². The Balaban J connectivity index is 2.98. The Bertz CT molecular complexity index is 440. The molecule has 0 aliphatic carbocycles. The van der Waals surface area contributed by atoms with Crippen molar-refractivity contribution in [2.45, 2.75) is 6.92 Å². The van der Waals surface area contributed by atoms with Gasteiger partial charge in [-0.25, -0.2) is 4.79 Å². The second-order valence-corrected chi connectivity index (χ2v) is 4.05. The summed E-state index contributed by atoms with van der Waals surface area (Å²) in [7, 11) is 1.46. The molecule has 1 N–H and O–H groups in total. The van der Waals surface area contributed by atoms with Gasteiger partial charge in [0.25, 0.3) is 0 Å². The molecule has 17 heavy (non-hydrogen) atoms. The van der Waals surface area contributed by atoms with Gasteiger partial charge in [0.2, 0.25) is 0 Å². The van der Waals surface area contributed by atoms with Crippen molar-refractivity contribution in [2.24, 2.45) is 0 Å². The minimum absolute atomic E-state index is 0.0174. The van der Waals surface area contributed by atoms with Crippen molar-refractivity contribution in [1.82, 2.24) is 0 Å². The minimum Gasteiger partial charge on any atom is -0.504 e. The smallest absolute Gasteiger partial charge is 0.330 e. The maximum Gasteiger partial charge on any atom is 0.330 e. The van der Waals surface area contributed by atoms with Crippen molar-refractivity contribution in [1.29, 1.82) is 0 Å². The van der Waals surface area contributed by atoms with Gasteiger partial charge in [-0.15, -0.1) is 0 Å². The normalized spacial score (nSPS) is 10.5. The minimum atomic E-state index is -0.453. The van der Waals surface area contributed by atoms with Gasteiger partial charge in [-0.2, -0.15) is 0 Å². The number of carbonyl (C=O) groups is 1. The zero-order valence-corrected chi connectivity index (χ0v) is 11.2. The van der Waals surface area contributed by atoms with E-state index in [4.69, 9.17) is 9.47 Å². The molecule has 1 aromatic carbocycles. The monoisotopic (exact) mass is 300 g/mol. The van der Waals surface area contributed by atoms with Crippen LogP contribution in [0.25, 0.3) is 6.08 Å². The van der Waals surface area contributed by atoms with Crippen LogP contribution in [0, 0.1) is 0 Å². The molecule has 0 fully saturated rings. The lowest BCUT2D eigenvalue weighted by molar-refractivity contribution is -0.137. The van der Waals surface area contributed by atoms with E-state index in [0.29, 0.717) is 17.9 Å². The molecule has 0 aromatic heterocycles. The number of hydrogen-bond acceptors (Lipinski definition) is 4. The number of aromatic hydroxyl groups is 1. The summed E-state index contributed by atoms with van der Waals surface area (Å²) in [5.74, 6) is -0.134. The number of carbonyl (C=O) groups excluding carboxylic acids is 1. The van der Waals surface area contributed by atoms with Crippen LogP contribution in [-0.2, 0) is 9.53 Å². The molecule has 4 nitrogen and oxygen atoms in total. The highest BCUT2D eigenvalue weighted by Crippen LogP contribution is 2.34. The highest BCUT2D eigenvalue weighted by atomic mass is 79.9. The molecule has 0 heterocycles. The van der Waals surface area contributed by atoms with Crippen molar-refractivity contribution in [3.8, 4) is 11.5 Å². The van der Waals surface area contributed by atoms with E-state index in [9.17, 15) is 9.90 Å². The summed E-state index contributed by atoms with van der Waals surface area (Å²) in [5, 5.41) is 9.81. The van der Waals surface area contributed by atoms with Gasteiger partial charge in [0.05, 0.1) is 13.7 Å². The second kappa shape index (κ2) is 6.30. The highest BCUT2D eigenvalue weighted by Gasteiger charge is 2.07. The third kappa shape index (κ3) is 3.78. The second-order valence-electron chi connectivity index (χ2n) is 3.13. The summed E-state index contributed by atoms with van der Waals surface area (Å²) in [4.78, 5) is 11.1. The average molecular weight is 301 g/mol. The molecule has 0 saturated heterocycles. The Kier molecular flexibility index (Phi) is 5.03. The van der Waals surface area contributed by atoms with Crippen molar-refractivity contribution in [2.75, 3.05) is 13.7 Å². The summed E-state index contributed by atoms with van der Waals surface area (Å²) in [5.41, 5.74) is 0.476.